The SMILES string of the molecule is CC(C)Cc1ccc(B(O)O)cc1S(N)(=O)=O. The molecule has 0 saturated carbocycles. The average Bonchev–Trinajstić information content (AvgIpc) is 2.15. The van der Waals surface area contributed by atoms with E-state index < -0.39 is 17.1 Å². The summed E-state index contributed by atoms with van der Waals surface area (Å²) in [6.45, 7) is 3.92. The molecule has 0 aliphatic heterocycles. The third-order valence-corrected chi connectivity index (χ3v) is 3.32. The summed E-state index contributed by atoms with van der Waals surface area (Å²) in [5, 5.41) is 23.1. The largest absolute Gasteiger partial charge is 0.488 e. The third-order valence-electron chi connectivity index (χ3n) is 2.32. The zero-order valence-corrected chi connectivity index (χ0v) is 10.6. The number of hydrogen-bond acceptors (Lipinski definition) is 4. The predicted octanol–water partition coefficient (Wildman–Crippen LogP) is -0.788. The molecule has 0 unspecified atom stereocenters. The fourth-order valence-electron chi connectivity index (χ4n) is 1.61. The van der Waals surface area contributed by atoms with Gasteiger partial charge >= 0.3 is 7.12 Å². The first-order valence-corrected chi connectivity index (χ1v) is 6.78. The van der Waals surface area contributed by atoms with E-state index in [1.54, 1.807) is 6.07 Å². The summed E-state index contributed by atoms with van der Waals surface area (Å²) in [6, 6.07) is 4.25. The predicted molar refractivity (Wildman–Crippen MR) is 66.2 cm³/mol. The van der Waals surface area contributed by atoms with E-state index in [2.05, 4.69) is 0 Å². The van der Waals surface area contributed by atoms with E-state index in [0.717, 1.165) is 0 Å². The van der Waals surface area contributed by atoms with Crippen LogP contribution < -0.4 is 10.6 Å². The highest BCUT2D eigenvalue weighted by Crippen LogP contribution is 2.16. The number of nitrogens with two attached hydrogens (primary N) is 1. The Morgan fingerprint density at radius 3 is 2.35 bits per heavy atom. The molecular formula is C10H16BNO4S. The molecule has 0 aliphatic carbocycles. The summed E-state index contributed by atoms with van der Waals surface area (Å²) in [5.74, 6) is 0.278. The highest BCUT2D eigenvalue weighted by atomic mass is 32.2. The van der Waals surface area contributed by atoms with Crippen molar-refractivity contribution in [3.8, 4) is 0 Å². The van der Waals surface area contributed by atoms with Crippen LogP contribution in [0.5, 0.6) is 0 Å². The minimum absolute atomic E-state index is 0.0446. The van der Waals surface area contributed by atoms with Crippen LogP contribution in [-0.4, -0.2) is 25.6 Å². The van der Waals surface area contributed by atoms with Crippen molar-refractivity contribution in [2.45, 2.75) is 25.2 Å². The Morgan fingerprint density at radius 1 is 1.35 bits per heavy atom. The van der Waals surface area contributed by atoms with Crippen LogP contribution in [0, 0.1) is 5.92 Å². The van der Waals surface area contributed by atoms with E-state index in [1.807, 2.05) is 13.8 Å². The quantitative estimate of drug-likeness (QED) is 0.615. The van der Waals surface area contributed by atoms with Gasteiger partial charge in [-0.05, 0) is 29.4 Å². The van der Waals surface area contributed by atoms with Gasteiger partial charge in [0.25, 0.3) is 0 Å². The van der Waals surface area contributed by atoms with Gasteiger partial charge in [0.1, 0.15) is 0 Å². The number of rotatable bonds is 4. The van der Waals surface area contributed by atoms with Gasteiger partial charge in [-0.2, -0.15) is 0 Å². The average molecular weight is 257 g/mol. The molecule has 0 amide bonds. The molecule has 0 atom stereocenters. The van der Waals surface area contributed by atoms with Gasteiger partial charge in [-0.15, -0.1) is 0 Å². The van der Waals surface area contributed by atoms with Crippen molar-refractivity contribution in [1.82, 2.24) is 0 Å². The van der Waals surface area contributed by atoms with Crippen molar-refractivity contribution < 1.29 is 18.5 Å². The summed E-state index contributed by atoms with van der Waals surface area (Å²) in [5.41, 5.74) is 0.702. The van der Waals surface area contributed by atoms with Crippen LogP contribution >= 0.6 is 0 Å². The first kappa shape index (κ1) is 14.2. The minimum Gasteiger partial charge on any atom is -0.423 e. The molecule has 0 spiro atoms. The van der Waals surface area contributed by atoms with Crippen LogP contribution in [0.4, 0.5) is 0 Å². The Bertz CT molecular complexity index is 499. The molecule has 94 valence electrons. The summed E-state index contributed by atoms with van der Waals surface area (Å²) >= 11 is 0. The Labute approximate surface area is 101 Å². The third kappa shape index (κ3) is 3.81. The van der Waals surface area contributed by atoms with Crippen molar-refractivity contribution in [2.75, 3.05) is 0 Å². The Morgan fingerprint density at radius 2 is 1.94 bits per heavy atom. The van der Waals surface area contributed by atoms with Crippen LogP contribution in [0.2, 0.25) is 0 Å². The lowest BCUT2D eigenvalue weighted by molar-refractivity contribution is 0.425. The Kier molecular flexibility index (Phi) is 4.32. The van der Waals surface area contributed by atoms with E-state index >= 15 is 0 Å². The first-order valence-electron chi connectivity index (χ1n) is 5.23. The fourth-order valence-corrected chi connectivity index (χ4v) is 2.42. The topological polar surface area (TPSA) is 101 Å². The monoisotopic (exact) mass is 257 g/mol. The van der Waals surface area contributed by atoms with Gasteiger partial charge in [-0.1, -0.05) is 26.0 Å². The van der Waals surface area contributed by atoms with Crippen molar-refractivity contribution in [2.24, 2.45) is 11.1 Å². The maximum Gasteiger partial charge on any atom is 0.488 e. The van der Waals surface area contributed by atoms with Gasteiger partial charge in [0.2, 0.25) is 10.0 Å². The van der Waals surface area contributed by atoms with Crippen LogP contribution in [0.1, 0.15) is 19.4 Å². The number of primary sulfonamides is 1. The second-order valence-corrected chi connectivity index (χ2v) is 5.91. The molecule has 0 bridgehead atoms. The number of sulfonamides is 1. The van der Waals surface area contributed by atoms with Crippen LogP contribution in [0.25, 0.3) is 0 Å². The molecule has 1 aromatic carbocycles. The van der Waals surface area contributed by atoms with E-state index in [0.29, 0.717) is 12.0 Å². The lowest BCUT2D eigenvalue weighted by Crippen LogP contribution is -2.31. The van der Waals surface area contributed by atoms with Crippen molar-refractivity contribution >= 4 is 22.6 Å². The van der Waals surface area contributed by atoms with Gasteiger partial charge < -0.3 is 10.0 Å². The van der Waals surface area contributed by atoms with E-state index in [1.165, 1.54) is 12.1 Å². The normalized spacial score (nSPS) is 11.9. The summed E-state index contributed by atoms with van der Waals surface area (Å²) < 4.78 is 22.8. The van der Waals surface area contributed by atoms with E-state index in [9.17, 15) is 8.42 Å². The molecule has 7 heteroatoms. The highest BCUT2D eigenvalue weighted by Gasteiger charge is 2.19. The second kappa shape index (κ2) is 5.18. The molecule has 0 heterocycles. The van der Waals surface area contributed by atoms with Gasteiger partial charge in [0.05, 0.1) is 4.90 Å². The van der Waals surface area contributed by atoms with Crippen molar-refractivity contribution in [1.29, 1.82) is 0 Å². The molecular weight excluding hydrogens is 241 g/mol. The van der Waals surface area contributed by atoms with Gasteiger partial charge in [0.15, 0.2) is 0 Å². The standard InChI is InChI=1S/C10H16BNO4S/c1-7(2)5-8-3-4-9(11(13)14)6-10(8)17(12,15)16/h3-4,6-7,13-14H,5H2,1-2H3,(H2,12,15,16). The maximum absolute atomic E-state index is 11.4. The van der Waals surface area contributed by atoms with Crippen LogP contribution in [0.3, 0.4) is 0 Å². The zero-order chi connectivity index (χ0) is 13.2. The minimum atomic E-state index is -3.86. The molecule has 1 aromatic rings. The number of hydrogen-bond donors (Lipinski definition) is 3. The van der Waals surface area contributed by atoms with Gasteiger partial charge in [-0.3, -0.25) is 0 Å². The smallest absolute Gasteiger partial charge is 0.423 e. The summed E-state index contributed by atoms with van der Waals surface area (Å²) in [7, 11) is -5.56. The molecule has 0 radical (unpaired) electrons. The fraction of sp³-hybridized carbons (Fsp3) is 0.400. The summed E-state index contributed by atoms with van der Waals surface area (Å²) in [6.07, 6.45) is 0.563. The molecule has 0 aliphatic rings. The lowest BCUT2D eigenvalue weighted by atomic mass is 9.80. The van der Waals surface area contributed by atoms with E-state index in [-0.39, 0.29) is 16.3 Å². The summed E-state index contributed by atoms with van der Waals surface area (Å²) in [4.78, 5) is -0.0446. The number of benzene rings is 1. The molecule has 5 nitrogen and oxygen atoms in total. The van der Waals surface area contributed by atoms with Gasteiger partial charge in [-0.25, -0.2) is 13.6 Å². The molecule has 0 saturated heterocycles. The Hall–Kier alpha value is -0.885. The molecule has 0 aromatic heterocycles. The molecule has 4 N–H and O–H groups in total. The zero-order valence-electron chi connectivity index (χ0n) is 9.79. The van der Waals surface area contributed by atoms with Gasteiger partial charge in [0, 0.05) is 0 Å². The molecule has 1 rings (SSSR count). The first-order chi connectivity index (χ1) is 7.71. The van der Waals surface area contributed by atoms with Crippen molar-refractivity contribution in [3.05, 3.63) is 23.8 Å². The lowest BCUT2D eigenvalue weighted by Gasteiger charge is -2.11. The molecule has 17 heavy (non-hydrogen) atoms. The second-order valence-electron chi connectivity index (χ2n) is 4.38. The highest BCUT2D eigenvalue weighted by molar-refractivity contribution is 7.89. The Balaban J connectivity index is 3.32. The van der Waals surface area contributed by atoms with Crippen LogP contribution in [-0.2, 0) is 16.4 Å². The maximum atomic E-state index is 11.4. The van der Waals surface area contributed by atoms with E-state index in [4.69, 9.17) is 15.2 Å². The van der Waals surface area contributed by atoms with Crippen LogP contribution in [0.15, 0.2) is 23.1 Å². The molecule has 0 fully saturated rings. The van der Waals surface area contributed by atoms with Crippen molar-refractivity contribution in [3.63, 3.8) is 0 Å².